The third-order valence-corrected chi connectivity index (χ3v) is 4.16. The van der Waals surface area contributed by atoms with Crippen LogP contribution in [0.15, 0.2) is 18.2 Å². The number of nitrogens with one attached hydrogen (secondary N) is 2. The van der Waals surface area contributed by atoms with E-state index in [1.54, 1.807) is 0 Å². The average Bonchev–Trinajstić information content (AvgIpc) is 2.86. The Morgan fingerprint density at radius 2 is 1.95 bits per heavy atom. The lowest BCUT2D eigenvalue weighted by Crippen LogP contribution is -2.41. The molecule has 118 valence electrons. The molecule has 0 amide bonds. The van der Waals surface area contributed by atoms with Crippen LogP contribution in [0.3, 0.4) is 0 Å². The second-order valence-electron chi connectivity index (χ2n) is 6.08. The molecule has 2 unspecified atom stereocenters. The Kier molecular flexibility index (Phi) is 6.03. The smallest absolute Gasteiger partial charge is 0.125 e. The van der Waals surface area contributed by atoms with Crippen molar-refractivity contribution in [3.63, 3.8) is 0 Å². The van der Waals surface area contributed by atoms with Crippen LogP contribution in [0.25, 0.3) is 0 Å². The minimum atomic E-state index is 0.542. The highest BCUT2D eigenvalue weighted by Crippen LogP contribution is 2.22. The lowest BCUT2D eigenvalue weighted by atomic mass is 10.1. The maximum atomic E-state index is 6.01. The van der Waals surface area contributed by atoms with Gasteiger partial charge in [0.05, 0.1) is 0 Å². The number of para-hydroxylation sites is 1. The van der Waals surface area contributed by atoms with E-state index in [1.165, 1.54) is 17.5 Å². The number of hydrogen-bond acceptors (Lipinski definition) is 4. The summed E-state index contributed by atoms with van der Waals surface area (Å²) < 4.78 is 6.01. The van der Waals surface area contributed by atoms with E-state index < -0.39 is 0 Å². The first kappa shape index (κ1) is 16.3. The number of nitrogens with zero attached hydrogens (tertiary/aromatic N) is 1. The molecule has 1 aliphatic rings. The average molecular weight is 291 g/mol. The fraction of sp³-hybridized carbons (Fsp3) is 0.647. The van der Waals surface area contributed by atoms with E-state index >= 15 is 0 Å². The van der Waals surface area contributed by atoms with Gasteiger partial charge in [-0.05, 0) is 44.9 Å². The molecule has 0 aliphatic carbocycles. The fourth-order valence-corrected chi connectivity index (χ4v) is 2.92. The van der Waals surface area contributed by atoms with Gasteiger partial charge in [-0.25, -0.2) is 0 Å². The van der Waals surface area contributed by atoms with Crippen molar-refractivity contribution in [2.75, 3.05) is 26.2 Å². The third-order valence-electron chi connectivity index (χ3n) is 4.16. The van der Waals surface area contributed by atoms with Crippen LogP contribution in [0.4, 0.5) is 0 Å². The topological polar surface area (TPSA) is 36.5 Å². The van der Waals surface area contributed by atoms with Gasteiger partial charge in [-0.15, -0.1) is 0 Å². The van der Waals surface area contributed by atoms with Gasteiger partial charge < -0.3 is 4.74 Å². The van der Waals surface area contributed by atoms with E-state index in [-0.39, 0.29) is 0 Å². The molecule has 2 rings (SSSR count). The summed E-state index contributed by atoms with van der Waals surface area (Å²) >= 11 is 0. The molecule has 0 aromatic heterocycles. The van der Waals surface area contributed by atoms with Gasteiger partial charge >= 0.3 is 0 Å². The zero-order chi connectivity index (χ0) is 15.2. The number of ether oxygens (including phenoxy) is 1. The predicted octanol–water partition coefficient (Wildman–Crippen LogP) is 2.26. The fourth-order valence-electron chi connectivity index (χ4n) is 2.92. The molecular formula is C17H29N3O. The molecule has 0 spiro atoms. The summed E-state index contributed by atoms with van der Waals surface area (Å²) in [5, 5.41) is 0. The molecule has 0 radical (unpaired) electrons. The molecule has 1 aliphatic heterocycles. The van der Waals surface area contributed by atoms with E-state index in [1.807, 2.05) is 0 Å². The molecule has 0 bridgehead atoms. The summed E-state index contributed by atoms with van der Waals surface area (Å²) in [5.74, 6) is 1.04. The Labute approximate surface area is 128 Å². The maximum Gasteiger partial charge on any atom is 0.125 e. The van der Waals surface area contributed by atoms with Gasteiger partial charge in [0.2, 0.25) is 0 Å². The first-order chi connectivity index (χ1) is 10.1. The van der Waals surface area contributed by atoms with Gasteiger partial charge in [0.25, 0.3) is 0 Å². The molecular weight excluding hydrogens is 262 g/mol. The first-order valence-corrected chi connectivity index (χ1v) is 8.02. The molecule has 0 saturated carbocycles. The maximum absolute atomic E-state index is 6.01. The van der Waals surface area contributed by atoms with E-state index in [4.69, 9.17) is 4.74 Å². The van der Waals surface area contributed by atoms with Crippen molar-refractivity contribution in [2.45, 2.75) is 46.2 Å². The van der Waals surface area contributed by atoms with Crippen LogP contribution >= 0.6 is 0 Å². The van der Waals surface area contributed by atoms with Crippen LogP contribution in [-0.2, 0) is 0 Å². The molecule has 1 aromatic carbocycles. The highest BCUT2D eigenvalue weighted by Gasteiger charge is 2.21. The molecule has 4 nitrogen and oxygen atoms in total. The van der Waals surface area contributed by atoms with Crippen molar-refractivity contribution in [3.8, 4) is 5.75 Å². The number of hydrogen-bond donors (Lipinski definition) is 2. The summed E-state index contributed by atoms with van der Waals surface area (Å²) in [7, 11) is 0. The molecule has 21 heavy (non-hydrogen) atoms. The Bertz CT molecular complexity index is 429. The zero-order valence-electron chi connectivity index (χ0n) is 13.8. The summed E-state index contributed by atoms with van der Waals surface area (Å²) in [6.45, 7) is 12.5. The first-order valence-electron chi connectivity index (χ1n) is 8.02. The minimum Gasteiger partial charge on any atom is -0.492 e. The monoisotopic (exact) mass is 291 g/mol. The van der Waals surface area contributed by atoms with Gasteiger partial charge in [0.15, 0.2) is 0 Å². The molecule has 1 fully saturated rings. The Hall–Kier alpha value is -1.10. The lowest BCUT2D eigenvalue weighted by molar-refractivity contribution is 0.201. The molecule has 1 heterocycles. The van der Waals surface area contributed by atoms with Crippen LogP contribution in [0.1, 0.15) is 31.4 Å². The minimum absolute atomic E-state index is 0.542. The van der Waals surface area contributed by atoms with Crippen LogP contribution in [0.2, 0.25) is 0 Å². The van der Waals surface area contributed by atoms with Gasteiger partial charge in [-0.2, -0.15) is 0 Å². The Balaban J connectivity index is 1.78. The second kappa shape index (κ2) is 7.78. The van der Waals surface area contributed by atoms with Crippen LogP contribution in [-0.4, -0.2) is 43.2 Å². The van der Waals surface area contributed by atoms with E-state index in [9.17, 15) is 0 Å². The summed E-state index contributed by atoms with van der Waals surface area (Å²) in [5.41, 5.74) is 9.09. The normalized spacial score (nSPS) is 22.0. The number of hydrazine groups is 1. The molecule has 1 saturated heterocycles. The van der Waals surface area contributed by atoms with Crippen LogP contribution in [0, 0.1) is 13.8 Å². The molecule has 4 heteroatoms. The van der Waals surface area contributed by atoms with E-state index in [0.717, 1.165) is 32.0 Å². The van der Waals surface area contributed by atoms with Gasteiger partial charge in [0.1, 0.15) is 12.4 Å². The standard InChI is InChI=1S/C17H29N3O/c1-5-20(12-16-11-15(4)18-19-16)9-10-21-17-13(2)7-6-8-14(17)3/h6-8,15-16,18-19H,5,9-12H2,1-4H3. The number of aryl methyl sites for hydroxylation is 2. The quantitative estimate of drug-likeness (QED) is 0.808. The van der Waals surface area contributed by atoms with Gasteiger partial charge in [-0.1, -0.05) is 25.1 Å². The summed E-state index contributed by atoms with van der Waals surface area (Å²) in [6.07, 6.45) is 1.19. The summed E-state index contributed by atoms with van der Waals surface area (Å²) in [4.78, 5) is 2.45. The number of rotatable bonds is 7. The second-order valence-corrected chi connectivity index (χ2v) is 6.08. The van der Waals surface area contributed by atoms with E-state index in [2.05, 4.69) is 61.6 Å². The third kappa shape index (κ3) is 4.70. The van der Waals surface area contributed by atoms with Gasteiger partial charge in [-0.3, -0.25) is 15.8 Å². The zero-order valence-corrected chi connectivity index (χ0v) is 13.8. The van der Waals surface area contributed by atoms with Gasteiger partial charge in [0, 0.05) is 25.2 Å². The highest BCUT2D eigenvalue weighted by molar-refractivity contribution is 5.39. The summed E-state index contributed by atoms with van der Waals surface area (Å²) in [6, 6.07) is 7.40. The van der Waals surface area contributed by atoms with Crippen LogP contribution in [0.5, 0.6) is 5.75 Å². The Morgan fingerprint density at radius 1 is 1.24 bits per heavy atom. The van der Waals surface area contributed by atoms with Crippen molar-refractivity contribution in [3.05, 3.63) is 29.3 Å². The Morgan fingerprint density at radius 3 is 2.52 bits per heavy atom. The van der Waals surface area contributed by atoms with Crippen LogP contribution < -0.4 is 15.6 Å². The van der Waals surface area contributed by atoms with Crippen molar-refractivity contribution in [1.82, 2.24) is 15.8 Å². The number of likely N-dealkylation sites (N-methyl/N-ethyl adjacent to an activating group) is 1. The predicted molar refractivity (Wildman–Crippen MR) is 87.7 cm³/mol. The largest absolute Gasteiger partial charge is 0.492 e. The lowest BCUT2D eigenvalue weighted by Gasteiger charge is -2.24. The highest BCUT2D eigenvalue weighted by atomic mass is 16.5. The SMILES string of the molecule is CCN(CCOc1c(C)cccc1C)CC1CC(C)NN1. The molecule has 2 atom stereocenters. The molecule has 2 N–H and O–H groups in total. The molecule has 1 aromatic rings. The van der Waals surface area contributed by atoms with Crippen molar-refractivity contribution >= 4 is 0 Å². The van der Waals surface area contributed by atoms with Crippen molar-refractivity contribution < 1.29 is 4.74 Å². The van der Waals surface area contributed by atoms with Crippen molar-refractivity contribution in [2.24, 2.45) is 0 Å². The van der Waals surface area contributed by atoms with E-state index in [0.29, 0.717) is 12.1 Å². The van der Waals surface area contributed by atoms with Crippen molar-refractivity contribution in [1.29, 1.82) is 0 Å². The number of benzene rings is 1.